The normalized spacial score (nSPS) is 12.4. The van der Waals surface area contributed by atoms with Gasteiger partial charge in [-0.05, 0) is 5.56 Å². The fraction of sp³-hybridized carbons (Fsp3) is 0.312. The molecule has 0 aliphatic heterocycles. The molecule has 0 spiro atoms. The number of H-pyrrole nitrogens is 1. The lowest BCUT2D eigenvalue weighted by molar-refractivity contribution is 0.0211. The van der Waals surface area contributed by atoms with Gasteiger partial charge >= 0.3 is 5.69 Å². The Morgan fingerprint density at radius 1 is 1.35 bits per heavy atom. The van der Waals surface area contributed by atoms with Gasteiger partial charge in [-0.1, -0.05) is 30.3 Å². The third kappa shape index (κ3) is 3.52. The standard InChI is InChI=1S/C16H20N6O4/c1-21-13-12(14(24)19-16(21)25)22(15(18-13)20-17)7-11(23)9-26-8-10-5-3-2-4-6-10/h2-6,11,23H,7-9,17H2,1H3,(H,18,20)(H,19,24,25)/t11-/m1/s1. The second-order valence-electron chi connectivity index (χ2n) is 5.84. The number of nitrogens with zero attached hydrogens (tertiary/aromatic N) is 3. The fourth-order valence-electron chi connectivity index (χ4n) is 2.67. The zero-order valence-electron chi connectivity index (χ0n) is 14.2. The van der Waals surface area contributed by atoms with Crippen molar-refractivity contribution in [2.75, 3.05) is 12.0 Å². The van der Waals surface area contributed by atoms with Crippen LogP contribution in [0.5, 0.6) is 0 Å². The number of anilines is 1. The molecule has 5 N–H and O–H groups in total. The van der Waals surface area contributed by atoms with Crippen LogP contribution in [-0.4, -0.2) is 36.9 Å². The number of aliphatic hydroxyl groups is 1. The molecule has 0 bridgehead atoms. The van der Waals surface area contributed by atoms with E-state index in [-0.39, 0.29) is 30.3 Å². The number of aryl methyl sites for hydroxylation is 1. The lowest BCUT2D eigenvalue weighted by Gasteiger charge is -2.14. The van der Waals surface area contributed by atoms with Gasteiger partial charge in [0.05, 0.1) is 25.9 Å². The van der Waals surface area contributed by atoms with Gasteiger partial charge in [0.2, 0.25) is 5.95 Å². The van der Waals surface area contributed by atoms with Crippen molar-refractivity contribution in [3.8, 4) is 0 Å². The molecule has 1 atom stereocenters. The number of hydrazine groups is 1. The number of ether oxygens (including phenoxy) is 1. The maximum absolute atomic E-state index is 12.2. The summed E-state index contributed by atoms with van der Waals surface area (Å²) in [5.41, 5.74) is 2.50. The first-order valence-electron chi connectivity index (χ1n) is 7.97. The molecule has 10 nitrogen and oxygen atoms in total. The molecule has 0 amide bonds. The number of hydrogen-bond acceptors (Lipinski definition) is 7. The minimum atomic E-state index is -0.903. The molecule has 2 aromatic heterocycles. The quantitative estimate of drug-likeness (QED) is 0.322. The summed E-state index contributed by atoms with van der Waals surface area (Å²) in [5, 5.41) is 10.3. The van der Waals surface area contributed by atoms with Crippen molar-refractivity contribution < 1.29 is 9.84 Å². The molecule has 0 saturated heterocycles. The summed E-state index contributed by atoms with van der Waals surface area (Å²) in [5.74, 6) is 5.62. The van der Waals surface area contributed by atoms with Crippen LogP contribution < -0.4 is 22.5 Å². The van der Waals surface area contributed by atoms with Crippen LogP contribution in [-0.2, 0) is 24.9 Å². The van der Waals surface area contributed by atoms with Crippen LogP contribution in [0, 0.1) is 0 Å². The van der Waals surface area contributed by atoms with Crippen LogP contribution in [0.4, 0.5) is 5.95 Å². The number of hydrogen-bond donors (Lipinski definition) is 4. The molecule has 0 aliphatic rings. The zero-order chi connectivity index (χ0) is 18.7. The molecule has 26 heavy (non-hydrogen) atoms. The molecule has 0 saturated carbocycles. The van der Waals surface area contributed by atoms with Crippen LogP contribution in [0.15, 0.2) is 39.9 Å². The summed E-state index contributed by atoms with van der Waals surface area (Å²) in [4.78, 5) is 30.2. The molecule has 3 aromatic rings. The number of imidazole rings is 1. The predicted molar refractivity (Wildman–Crippen MR) is 95.5 cm³/mol. The molecule has 3 rings (SSSR count). The van der Waals surface area contributed by atoms with Gasteiger partial charge in [-0.2, -0.15) is 4.98 Å². The minimum absolute atomic E-state index is 0.0199. The van der Waals surface area contributed by atoms with E-state index >= 15 is 0 Å². The topological polar surface area (TPSA) is 140 Å². The average Bonchev–Trinajstić information content (AvgIpc) is 2.99. The van der Waals surface area contributed by atoms with E-state index in [2.05, 4.69) is 15.4 Å². The molecule has 0 unspecified atom stereocenters. The number of nitrogen functional groups attached to an aromatic ring is 1. The highest BCUT2D eigenvalue weighted by Crippen LogP contribution is 2.15. The van der Waals surface area contributed by atoms with Crippen molar-refractivity contribution in [2.24, 2.45) is 12.9 Å². The van der Waals surface area contributed by atoms with Crippen molar-refractivity contribution in [3.05, 3.63) is 56.7 Å². The maximum Gasteiger partial charge on any atom is 0.329 e. The van der Waals surface area contributed by atoms with Crippen molar-refractivity contribution >= 4 is 17.1 Å². The van der Waals surface area contributed by atoms with Crippen LogP contribution in [0.2, 0.25) is 0 Å². The maximum atomic E-state index is 12.2. The Kier molecular flexibility index (Phi) is 5.16. The van der Waals surface area contributed by atoms with Crippen molar-refractivity contribution in [3.63, 3.8) is 0 Å². The van der Waals surface area contributed by atoms with Crippen LogP contribution >= 0.6 is 0 Å². The molecule has 0 aliphatic carbocycles. The average molecular weight is 360 g/mol. The SMILES string of the molecule is Cn1c(=O)[nH]c(=O)c2c1nc(NN)n2C[C@@H](O)COCc1ccccc1. The number of aromatic amines is 1. The van der Waals surface area contributed by atoms with Gasteiger partial charge < -0.3 is 14.4 Å². The summed E-state index contributed by atoms with van der Waals surface area (Å²) in [7, 11) is 1.48. The van der Waals surface area contributed by atoms with Crippen molar-refractivity contribution in [2.45, 2.75) is 19.3 Å². The Labute approximate surface area is 147 Å². The number of rotatable bonds is 7. The Morgan fingerprint density at radius 3 is 2.77 bits per heavy atom. The van der Waals surface area contributed by atoms with Gasteiger partial charge in [-0.15, -0.1) is 0 Å². The van der Waals surface area contributed by atoms with E-state index in [1.54, 1.807) is 0 Å². The predicted octanol–water partition coefficient (Wildman–Crippen LogP) is -0.713. The van der Waals surface area contributed by atoms with E-state index in [0.29, 0.717) is 6.61 Å². The van der Waals surface area contributed by atoms with Gasteiger partial charge in [-0.3, -0.25) is 19.8 Å². The third-order valence-corrected chi connectivity index (χ3v) is 3.95. The summed E-state index contributed by atoms with van der Waals surface area (Å²) in [6.45, 7) is 0.439. The number of nitrogens with one attached hydrogen (secondary N) is 2. The molecule has 1 aromatic carbocycles. The van der Waals surface area contributed by atoms with Crippen molar-refractivity contribution in [1.29, 1.82) is 0 Å². The number of benzene rings is 1. The highest BCUT2D eigenvalue weighted by Gasteiger charge is 2.19. The van der Waals surface area contributed by atoms with Gasteiger partial charge in [0.15, 0.2) is 11.2 Å². The summed E-state index contributed by atoms with van der Waals surface area (Å²) >= 11 is 0. The Bertz CT molecular complexity index is 1010. The Morgan fingerprint density at radius 2 is 2.08 bits per heavy atom. The van der Waals surface area contributed by atoms with E-state index in [9.17, 15) is 14.7 Å². The molecule has 0 fully saturated rings. The van der Waals surface area contributed by atoms with Gasteiger partial charge in [-0.25, -0.2) is 10.6 Å². The number of fused-ring (bicyclic) bond motifs is 1. The second kappa shape index (κ2) is 7.52. The lowest BCUT2D eigenvalue weighted by atomic mass is 10.2. The van der Waals surface area contributed by atoms with Gasteiger partial charge in [0.1, 0.15) is 0 Å². The molecule has 10 heteroatoms. The monoisotopic (exact) mass is 360 g/mol. The largest absolute Gasteiger partial charge is 0.389 e. The Balaban J connectivity index is 1.78. The second-order valence-corrected chi connectivity index (χ2v) is 5.84. The van der Waals surface area contributed by atoms with Gasteiger partial charge in [0, 0.05) is 7.05 Å². The van der Waals surface area contributed by atoms with Crippen LogP contribution in [0.3, 0.4) is 0 Å². The van der Waals surface area contributed by atoms with E-state index in [1.807, 2.05) is 30.3 Å². The zero-order valence-corrected chi connectivity index (χ0v) is 14.2. The molecule has 2 heterocycles. The number of nitrogens with two attached hydrogens (primary N) is 1. The molecule has 0 radical (unpaired) electrons. The molecular weight excluding hydrogens is 340 g/mol. The summed E-state index contributed by atoms with van der Waals surface area (Å²) < 4.78 is 8.13. The molecular formula is C16H20N6O4. The number of aromatic nitrogens is 4. The van der Waals surface area contributed by atoms with E-state index in [0.717, 1.165) is 5.56 Å². The first-order chi connectivity index (χ1) is 12.5. The summed E-state index contributed by atoms with van der Waals surface area (Å²) in [6.07, 6.45) is -0.903. The fourth-order valence-corrected chi connectivity index (χ4v) is 2.67. The van der Waals surface area contributed by atoms with E-state index in [1.165, 1.54) is 16.2 Å². The van der Waals surface area contributed by atoms with Crippen molar-refractivity contribution in [1.82, 2.24) is 19.1 Å². The lowest BCUT2D eigenvalue weighted by Crippen LogP contribution is -2.30. The molecule has 138 valence electrons. The highest BCUT2D eigenvalue weighted by molar-refractivity contribution is 5.74. The third-order valence-electron chi connectivity index (χ3n) is 3.95. The smallest absolute Gasteiger partial charge is 0.329 e. The summed E-state index contributed by atoms with van der Waals surface area (Å²) in [6, 6.07) is 9.57. The first-order valence-corrected chi connectivity index (χ1v) is 7.97. The van der Waals surface area contributed by atoms with E-state index in [4.69, 9.17) is 10.6 Å². The first kappa shape index (κ1) is 17.9. The Hall–Kier alpha value is -2.95. The van der Waals surface area contributed by atoms with Crippen LogP contribution in [0.1, 0.15) is 5.56 Å². The minimum Gasteiger partial charge on any atom is -0.389 e. The van der Waals surface area contributed by atoms with Crippen LogP contribution in [0.25, 0.3) is 11.2 Å². The number of aliphatic hydroxyl groups excluding tert-OH is 1. The van der Waals surface area contributed by atoms with Gasteiger partial charge in [0.25, 0.3) is 5.56 Å². The van der Waals surface area contributed by atoms with E-state index < -0.39 is 17.4 Å². The highest BCUT2D eigenvalue weighted by atomic mass is 16.5.